The first kappa shape index (κ1) is 17.9. The van der Waals surface area contributed by atoms with Crippen molar-refractivity contribution in [3.05, 3.63) is 47.0 Å². The van der Waals surface area contributed by atoms with Gasteiger partial charge in [0.15, 0.2) is 11.6 Å². The summed E-state index contributed by atoms with van der Waals surface area (Å²) in [7, 11) is 0. The number of aromatic nitrogens is 1. The lowest BCUT2D eigenvalue weighted by Crippen LogP contribution is -2.24. The molecule has 1 N–H and O–H groups in total. The Morgan fingerprint density at radius 1 is 1.15 bits per heavy atom. The van der Waals surface area contributed by atoms with E-state index in [9.17, 15) is 9.59 Å². The average molecular weight is 362 g/mol. The molecule has 0 unspecified atom stereocenters. The molecule has 0 bridgehead atoms. The SMILES string of the molecule is CC(=O)c1ccc2c(c1)c1c3c(ccc1n2CCCNC(C)C)C(=O)CC3. The first-order valence-corrected chi connectivity index (χ1v) is 9.82. The van der Waals surface area contributed by atoms with Gasteiger partial charge in [-0.05, 0) is 62.2 Å². The Labute approximate surface area is 159 Å². The number of benzene rings is 2. The van der Waals surface area contributed by atoms with E-state index in [1.807, 2.05) is 18.2 Å². The van der Waals surface area contributed by atoms with Gasteiger partial charge in [0.2, 0.25) is 0 Å². The third-order valence-corrected chi connectivity index (χ3v) is 5.56. The maximum Gasteiger partial charge on any atom is 0.163 e. The van der Waals surface area contributed by atoms with Crippen LogP contribution in [0.4, 0.5) is 0 Å². The molecule has 0 atom stereocenters. The summed E-state index contributed by atoms with van der Waals surface area (Å²) in [6.07, 6.45) is 2.41. The normalized spacial score (nSPS) is 13.9. The second-order valence-corrected chi connectivity index (χ2v) is 7.81. The number of Topliss-reactive ketones (excluding diaryl/α,β-unsaturated/α-hetero) is 2. The van der Waals surface area contributed by atoms with E-state index in [0.717, 1.165) is 58.9 Å². The monoisotopic (exact) mass is 362 g/mol. The maximum atomic E-state index is 12.2. The quantitative estimate of drug-likeness (QED) is 0.518. The van der Waals surface area contributed by atoms with Crippen molar-refractivity contribution < 1.29 is 9.59 Å². The van der Waals surface area contributed by atoms with E-state index in [1.54, 1.807) is 6.92 Å². The number of hydrogen-bond donors (Lipinski definition) is 1. The topological polar surface area (TPSA) is 51.1 Å². The van der Waals surface area contributed by atoms with Crippen molar-refractivity contribution >= 4 is 33.4 Å². The second kappa shape index (κ2) is 6.93. The molecule has 1 aliphatic carbocycles. The molecule has 4 nitrogen and oxygen atoms in total. The molecule has 0 fully saturated rings. The van der Waals surface area contributed by atoms with Crippen LogP contribution in [0.3, 0.4) is 0 Å². The number of fused-ring (bicyclic) bond motifs is 5. The number of carbonyl (C=O) groups excluding carboxylic acids is 2. The van der Waals surface area contributed by atoms with Gasteiger partial charge >= 0.3 is 0 Å². The van der Waals surface area contributed by atoms with E-state index in [2.05, 4.69) is 35.9 Å². The molecular weight excluding hydrogens is 336 g/mol. The Hall–Kier alpha value is -2.46. The van der Waals surface area contributed by atoms with Crippen LogP contribution < -0.4 is 5.32 Å². The van der Waals surface area contributed by atoms with Gasteiger partial charge in [-0.15, -0.1) is 0 Å². The van der Waals surface area contributed by atoms with E-state index in [1.165, 1.54) is 5.52 Å². The van der Waals surface area contributed by atoms with Gasteiger partial charge in [-0.3, -0.25) is 9.59 Å². The molecule has 0 radical (unpaired) electrons. The fraction of sp³-hybridized carbons (Fsp3) is 0.391. The van der Waals surface area contributed by atoms with Crippen LogP contribution >= 0.6 is 0 Å². The standard InChI is InChI=1S/C23H26N2O2/c1-14(2)24-11-4-12-25-20-8-5-16(15(3)26)13-19(20)23-18-7-10-22(27)17(18)6-9-21(23)25/h5-6,8-9,13-14,24H,4,7,10-12H2,1-3H3. The molecular formula is C23H26N2O2. The number of aryl methyl sites for hydroxylation is 2. The molecule has 4 rings (SSSR count). The summed E-state index contributed by atoms with van der Waals surface area (Å²) < 4.78 is 2.35. The van der Waals surface area contributed by atoms with Crippen molar-refractivity contribution in [1.29, 1.82) is 0 Å². The number of hydrogen-bond acceptors (Lipinski definition) is 3. The highest BCUT2D eigenvalue weighted by atomic mass is 16.1. The van der Waals surface area contributed by atoms with E-state index in [4.69, 9.17) is 0 Å². The van der Waals surface area contributed by atoms with Crippen LogP contribution in [0.1, 0.15) is 59.9 Å². The van der Waals surface area contributed by atoms with Crippen molar-refractivity contribution in [3.8, 4) is 0 Å². The maximum absolute atomic E-state index is 12.2. The molecule has 0 aliphatic heterocycles. The van der Waals surface area contributed by atoms with Crippen molar-refractivity contribution in [2.24, 2.45) is 0 Å². The van der Waals surface area contributed by atoms with Gasteiger partial charge in [-0.2, -0.15) is 0 Å². The molecule has 0 saturated carbocycles. The number of nitrogens with one attached hydrogen (secondary N) is 1. The summed E-state index contributed by atoms with van der Waals surface area (Å²) >= 11 is 0. The molecule has 140 valence electrons. The summed E-state index contributed by atoms with van der Waals surface area (Å²) in [5.41, 5.74) is 5.06. The van der Waals surface area contributed by atoms with E-state index in [0.29, 0.717) is 12.5 Å². The fourth-order valence-corrected chi connectivity index (χ4v) is 4.24. The largest absolute Gasteiger partial charge is 0.340 e. The van der Waals surface area contributed by atoms with Gasteiger partial charge in [-0.25, -0.2) is 0 Å². The molecule has 3 aromatic rings. The third kappa shape index (κ3) is 3.08. The summed E-state index contributed by atoms with van der Waals surface area (Å²) in [6.45, 7) is 7.79. The molecule has 27 heavy (non-hydrogen) atoms. The minimum Gasteiger partial charge on any atom is -0.340 e. The van der Waals surface area contributed by atoms with E-state index >= 15 is 0 Å². The Balaban J connectivity index is 1.88. The average Bonchev–Trinajstić information content (AvgIpc) is 3.16. The Bertz CT molecular complexity index is 1060. The van der Waals surface area contributed by atoms with Crippen LogP contribution in [0.25, 0.3) is 21.8 Å². The first-order valence-electron chi connectivity index (χ1n) is 9.82. The van der Waals surface area contributed by atoms with Crippen LogP contribution in [0.2, 0.25) is 0 Å². The van der Waals surface area contributed by atoms with Gasteiger partial charge in [0.25, 0.3) is 0 Å². The zero-order valence-corrected chi connectivity index (χ0v) is 16.3. The highest BCUT2D eigenvalue weighted by Gasteiger charge is 2.25. The Morgan fingerprint density at radius 2 is 1.93 bits per heavy atom. The third-order valence-electron chi connectivity index (χ3n) is 5.56. The molecule has 0 spiro atoms. The first-order chi connectivity index (χ1) is 13.0. The molecule has 2 aromatic carbocycles. The van der Waals surface area contributed by atoms with Gasteiger partial charge < -0.3 is 9.88 Å². The molecule has 1 aromatic heterocycles. The molecule has 1 heterocycles. The molecule has 0 saturated heterocycles. The zero-order chi connectivity index (χ0) is 19.1. The molecule has 0 amide bonds. The van der Waals surface area contributed by atoms with Gasteiger partial charge in [0, 0.05) is 51.9 Å². The number of nitrogens with zero attached hydrogens (tertiary/aromatic N) is 1. The van der Waals surface area contributed by atoms with Crippen LogP contribution in [-0.4, -0.2) is 28.7 Å². The molecule has 4 heteroatoms. The van der Waals surface area contributed by atoms with Crippen molar-refractivity contribution in [2.45, 2.75) is 52.6 Å². The van der Waals surface area contributed by atoms with Gasteiger partial charge in [-0.1, -0.05) is 13.8 Å². The number of rotatable bonds is 6. The lowest BCUT2D eigenvalue weighted by molar-refractivity contribution is 0.0991. The van der Waals surface area contributed by atoms with Crippen LogP contribution in [0, 0.1) is 0 Å². The minimum atomic E-state index is 0.0718. The lowest BCUT2D eigenvalue weighted by Gasteiger charge is -2.11. The van der Waals surface area contributed by atoms with Gasteiger partial charge in [0.05, 0.1) is 0 Å². The van der Waals surface area contributed by atoms with E-state index < -0.39 is 0 Å². The highest BCUT2D eigenvalue weighted by Crippen LogP contribution is 2.37. The van der Waals surface area contributed by atoms with Crippen LogP contribution in [-0.2, 0) is 13.0 Å². The summed E-state index contributed by atoms with van der Waals surface area (Å²) in [6, 6.07) is 10.5. The van der Waals surface area contributed by atoms with E-state index in [-0.39, 0.29) is 11.6 Å². The van der Waals surface area contributed by atoms with Crippen LogP contribution in [0.15, 0.2) is 30.3 Å². The van der Waals surface area contributed by atoms with Crippen molar-refractivity contribution in [1.82, 2.24) is 9.88 Å². The molecule has 1 aliphatic rings. The number of ketones is 2. The Morgan fingerprint density at radius 3 is 2.67 bits per heavy atom. The fourth-order valence-electron chi connectivity index (χ4n) is 4.24. The summed E-state index contributed by atoms with van der Waals surface area (Å²) in [5, 5.41) is 5.73. The number of carbonyl (C=O) groups is 2. The zero-order valence-electron chi connectivity index (χ0n) is 16.3. The minimum absolute atomic E-state index is 0.0718. The van der Waals surface area contributed by atoms with Crippen molar-refractivity contribution in [2.75, 3.05) is 6.54 Å². The predicted octanol–water partition coefficient (Wildman–Crippen LogP) is 4.51. The predicted molar refractivity (Wildman–Crippen MR) is 110 cm³/mol. The summed E-state index contributed by atoms with van der Waals surface area (Å²) in [5.74, 6) is 0.305. The van der Waals surface area contributed by atoms with Crippen LogP contribution in [0.5, 0.6) is 0 Å². The highest BCUT2D eigenvalue weighted by molar-refractivity contribution is 6.16. The van der Waals surface area contributed by atoms with Gasteiger partial charge in [0.1, 0.15) is 0 Å². The lowest BCUT2D eigenvalue weighted by atomic mass is 10.0. The summed E-state index contributed by atoms with van der Waals surface area (Å²) in [4.78, 5) is 24.2. The van der Waals surface area contributed by atoms with Crippen molar-refractivity contribution in [3.63, 3.8) is 0 Å². The smallest absolute Gasteiger partial charge is 0.163 e. The second-order valence-electron chi connectivity index (χ2n) is 7.81. The Kier molecular flexibility index (Phi) is 4.60.